The second kappa shape index (κ2) is 6.65. The Morgan fingerprint density at radius 3 is 2.46 bits per heavy atom. The maximum Gasteiger partial charge on any atom is 0.270 e. The minimum atomic E-state index is -4.01. The SMILES string of the molecule is C=C(C)Cn1c(C)cc(C)c(S(=O)(=O)c2ccccc2OC)c1=O. The van der Waals surface area contributed by atoms with Gasteiger partial charge >= 0.3 is 0 Å². The third kappa shape index (κ3) is 3.14. The number of aromatic nitrogens is 1. The van der Waals surface area contributed by atoms with Crippen LogP contribution in [0.15, 0.2) is 57.1 Å². The number of rotatable bonds is 5. The third-order valence-electron chi connectivity index (χ3n) is 3.70. The summed E-state index contributed by atoms with van der Waals surface area (Å²) in [5.41, 5.74) is 1.34. The highest BCUT2D eigenvalue weighted by molar-refractivity contribution is 7.91. The van der Waals surface area contributed by atoms with Crippen molar-refractivity contribution in [2.24, 2.45) is 0 Å². The molecule has 0 atom stereocenters. The lowest BCUT2D eigenvalue weighted by molar-refractivity contribution is 0.402. The molecule has 0 aliphatic rings. The fourth-order valence-electron chi connectivity index (χ4n) is 2.65. The minimum absolute atomic E-state index is 0.0153. The second-order valence-electron chi connectivity index (χ2n) is 5.80. The quantitative estimate of drug-likeness (QED) is 0.780. The van der Waals surface area contributed by atoms with Gasteiger partial charge in [-0.3, -0.25) is 4.79 Å². The largest absolute Gasteiger partial charge is 0.495 e. The molecular weight excluding hydrogens is 326 g/mol. The average molecular weight is 347 g/mol. The number of hydrogen-bond acceptors (Lipinski definition) is 4. The predicted octanol–water partition coefficient (Wildman–Crippen LogP) is 2.88. The van der Waals surface area contributed by atoms with Crippen LogP contribution in [-0.2, 0) is 16.4 Å². The van der Waals surface area contributed by atoms with Crippen LogP contribution in [0.1, 0.15) is 18.2 Å². The van der Waals surface area contributed by atoms with Crippen molar-refractivity contribution >= 4 is 9.84 Å². The summed E-state index contributed by atoms with van der Waals surface area (Å²) < 4.78 is 32.8. The van der Waals surface area contributed by atoms with Crippen molar-refractivity contribution in [1.82, 2.24) is 4.57 Å². The van der Waals surface area contributed by atoms with Crippen molar-refractivity contribution in [1.29, 1.82) is 0 Å². The molecule has 0 aliphatic carbocycles. The van der Waals surface area contributed by atoms with E-state index in [1.54, 1.807) is 45.0 Å². The normalized spacial score (nSPS) is 11.3. The summed E-state index contributed by atoms with van der Waals surface area (Å²) in [5.74, 6) is 0.211. The number of nitrogens with zero attached hydrogens (tertiary/aromatic N) is 1. The zero-order chi connectivity index (χ0) is 18.1. The van der Waals surface area contributed by atoms with Crippen LogP contribution in [0.4, 0.5) is 0 Å². The van der Waals surface area contributed by atoms with E-state index >= 15 is 0 Å². The molecule has 0 fully saturated rings. The van der Waals surface area contributed by atoms with Gasteiger partial charge < -0.3 is 9.30 Å². The molecule has 24 heavy (non-hydrogen) atoms. The number of benzene rings is 1. The molecule has 0 amide bonds. The number of sulfone groups is 1. The van der Waals surface area contributed by atoms with E-state index in [-0.39, 0.29) is 22.1 Å². The third-order valence-corrected chi connectivity index (χ3v) is 5.65. The number of hydrogen-bond donors (Lipinski definition) is 0. The van der Waals surface area contributed by atoms with E-state index < -0.39 is 15.4 Å². The molecule has 1 aromatic carbocycles. The summed E-state index contributed by atoms with van der Waals surface area (Å²) in [7, 11) is -2.61. The Morgan fingerprint density at radius 1 is 1.25 bits per heavy atom. The van der Waals surface area contributed by atoms with E-state index in [4.69, 9.17) is 4.74 Å². The van der Waals surface area contributed by atoms with E-state index in [9.17, 15) is 13.2 Å². The van der Waals surface area contributed by atoms with Gasteiger partial charge in [0, 0.05) is 12.2 Å². The van der Waals surface area contributed by atoms with Crippen molar-refractivity contribution in [2.75, 3.05) is 7.11 Å². The van der Waals surface area contributed by atoms with Crippen molar-refractivity contribution in [3.8, 4) is 5.75 Å². The Balaban J connectivity index is 2.81. The van der Waals surface area contributed by atoms with Gasteiger partial charge in [0.2, 0.25) is 9.84 Å². The predicted molar refractivity (Wildman–Crippen MR) is 93.4 cm³/mol. The monoisotopic (exact) mass is 347 g/mol. The summed E-state index contributed by atoms with van der Waals surface area (Å²) in [6.07, 6.45) is 0. The maximum atomic E-state index is 13.1. The first-order chi connectivity index (χ1) is 11.2. The van der Waals surface area contributed by atoms with Crippen LogP contribution in [0.25, 0.3) is 0 Å². The smallest absolute Gasteiger partial charge is 0.270 e. The molecule has 0 radical (unpaired) electrons. The van der Waals surface area contributed by atoms with Crippen LogP contribution < -0.4 is 10.3 Å². The Kier molecular flexibility index (Phi) is 4.99. The number of ether oxygens (including phenoxy) is 1. The lowest BCUT2D eigenvalue weighted by Gasteiger charge is -2.16. The zero-order valence-electron chi connectivity index (χ0n) is 14.3. The first kappa shape index (κ1) is 18.0. The van der Waals surface area contributed by atoms with Gasteiger partial charge in [-0.1, -0.05) is 24.3 Å². The number of allylic oxidation sites excluding steroid dienone is 1. The van der Waals surface area contributed by atoms with Gasteiger partial charge in [-0.15, -0.1) is 0 Å². The molecule has 2 aromatic rings. The molecule has 0 aliphatic heterocycles. The highest BCUT2D eigenvalue weighted by Gasteiger charge is 2.28. The Morgan fingerprint density at radius 2 is 1.88 bits per heavy atom. The summed E-state index contributed by atoms with van der Waals surface area (Å²) in [6.45, 7) is 9.27. The molecule has 5 nitrogen and oxygen atoms in total. The fourth-order valence-corrected chi connectivity index (χ4v) is 4.37. The van der Waals surface area contributed by atoms with Gasteiger partial charge in [0.25, 0.3) is 5.56 Å². The van der Waals surface area contributed by atoms with Crippen molar-refractivity contribution in [2.45, 2.75) is 37.1 Å². The molecule has 0 spiro atoms. The summed E-state index contributed by atoms with van der Waals surface area (Å²) in [5, 5.41) is 0. The van der Waals surface area contributed by atoms with Crippen LogP contribution in [0.2, 0.25) is 0 Å². The molecule has 0 saturated heterocycles. The summed E-state index contributed by atoms with van der Waals surface area (Å²) >= 11 is 0. The first-order valence-electron chi connectivity index (χ1n) is 7.43. The van der Waals surface area contributed by atoms with Gasteiger partial charge in [-0.2, -0.15) is 0 Å². The fraction of sp³-hybridized carbons (Fsp3) is 0.278. The Labute approximate surface area is 142 Å². The summed E-state index contributed by atoms with van der Waals surface area (Å²) in [6, 6.07) is 7.98. The molecule has 6 heteroatoms. The van der Waals surface area contributed by atoms with Gasteiger partial charge in [-0.05, 0) is 44.5 Å². The van der Waals surface area contributed by atoms with E-state index in [0.717, 1.165) is 5.57 Å². The average Bonchev–Trinajstić information content (AvgIpc) is 2.50. The number of aryl methyl sites for hydroxylation is 2. The van der Waals surface area contributed by atoms with Crippen molar-refractivity contribution < 1.29 is 13.2 Å². The van der Waals surface area contributed by atoms with Crippen LogP contribution in [-0.4, -0.2) is 20.1 Å². The van der Waals surface area contributed by atoms with Crippen LogP contribution in [0.3, 0.4) is 0 Å². The zero-order valence-corrected chi connectivity index (χ0v) is 15.1. The van der Waals surface area contributed by atoms with Crippen LogP contribution in [0.5, 0.6) is 5.75 Å². The Bertz CT molecular complexity index is 955. The molecule has 0 saturated carbocycles. The van der Waals surface area contributed by atoms with Crippen molar-refractivity contribution in [3.63, 3.8) is 0 Å². The van der Waals surface area contributed by atoms with Gasteiger partial charge in [0.05, 0.1) is 7.11 Å². The highest BCUT2D eigenvalue weighted by Crippen LogP contribution is 2.29. The topological polar surface area (TPSA) is 65.4 Å². The molecule has 0 bridgehead atoms. The molecule has 2 rings (SSSR count). The highest BCUT2D eigenvalue weighted by atomic mass is 32.2. The van der Waals surface area contributed by atoms with Crippen LogP contribution >= 0.6 is 0 Å². The van der Waals surface area contributed by atoms with E-state index in [2.05, 4.69) is 6.58 Å². The van der Waals surface area contributed by atoms with Crippen LogP contribution in [0, 0.1) is 13.8 Å². The number of pyridine rings is 1. The van der Waals surface area contributed by atoms with E-state index in [1.807, 2.05) is 0 Å². The standard InChI is InChI=1S/C18H21NO4S/c1-12(2)11-19-14(4)10-13(3)17(18(19)20)24(21,22)16-9-7-6-8-15(16)23-5/h6-10H,1,11H2,2-5H3. The molecule has 0 N–H and O–H groups in total. The molecule has 1 heterocycles. The van der Waals surface area contributed by atoms with Gasteiger partial charge in [0.1, 0.15) is 15.5 Å². The van der Waals surface area contributed by atoms with Crippen molar-refractivity contribution in [3.05, 3.63) is 64.1 Å². The lowest BCUT2D eigenvalue weighted by Crippen LogP contribution is -2.29. The van der Waals surface area contributed by atoms with E-state index in [0.29, 0.717) is 11.3 Å². The van der Waals surface area contributed by atoms with Gasteiger partial charge in [0.15, 0.2) is 0 Å². The molecule has 0 unspecified atom stereocenters. The lowest BCUT2D eigenvalue weighted by atomic mass is 10.2. The molecule has 128 valence electrons. The Hall–Kier alpha value is -2.34. The second-order valence-corrected chi connectivity index (χ2v) is 7.66. The minimum Gasteiger partial charge on any atom is -0.495 e. The van der Waals surface area contributed by atoms with Gasteiger partial charge in [-0.25, -0.2) is 8.42 Å². The first-order valence-corrected chi connectivity index (χ1v) is 8.92. The number of methoxy groups -OCH3 is 1. The van der Waals surface area contributed by atoms with E-state index in [1.165, 1.54) is 17.7 Å². The molecule has 1 aromatic heterocycles. The summed E-state index contributed by atoms with van der Waals surface area (Å²) in [4.78, 5) is 12.6. The molecular formula is C18H21NO4S. The maximum absolute atomic E-state index is 13.1. The number of para-hydroxylation sites is 1.